The third-order valence-corrected chi connectivity index (χ3v) is 5.00. The number of hydrogen-bond donors (Lipinski definition) is 0. The molecule has 1 aromatic rings. The first-order valence-electron chi connectivity index (χ1n) is 7.92. The van der Waals surface area contributed by atoms with Gasteiger partial charge in [-0.05, 0) is 55.4 Å². The van der Waals surface area contributed by atoms with Crippen molar-refractivity contribution in [1.29, 1.82) is 0 Å². The van der Waals surface area contributed by atoms with Gasteiger partial charge in [0.05, 0.1) is 11.3 Å². The van der Waals surface area contributed by atoms with Crippen molar-refractivity contribution >= 4 is 17.7 Å². The van der Waals surface area contributed by atoms with Gasteiger partial charge in [-0.2, -0.15) is 0 Å². The van der Waals surface area contributed by atoms with Crippen LogP contribution in [0.25, 0.3) is 0 Å². The van der Waals surface area contributed by atoms with Gasteiger partial charge >= 0.3 is 0 Å². The molecule has 7 heteroatoms. The smallest absolute Gasteiger partial charge is 0.235 e. The number of carbonyl (C=O) groups excluding carboxylic acids is 1. The SMILES string of the molecule is CCCN(CC1CC1)C(=O)C(C)Sc1nnnn1C1CC1. The number of aromatic nitrogens is 4. The zero-order chi connectivity index (χ0) is 14.8. The van der Waals surface area contributed by atoms with E-state index in [0.717, 1.165) is 43.4 Å². The lowest BCUT2D eigenvalue weighted by atomic mass is 10.3. The van der Waals surface area contributed by atoms with Gasteiger partial charge in [0.15, 0.2) is 0 Å². The van der Waals surface area contributed by atoms with Crippen LogP contribution in [0.2, 0.25) is 0 Å². The van der Waals surface area contributed by atoms with Gasteiger partial charge in [-0.25, -0.2) is 4.68 Å². The van der Waals surface area contributed by atoms with Crippen molar-refractivity contribution in [3.8, 4) is 0 Å². The number of carbonyl (C=O) groups is 1. The standard InChI is InChI=1S/C14H23N5OS/c1-3-8-18(9-11-4-5-11)13(20)10(2)21-14-15-16-17-19(14)12-6-7-12/h10-12H,3-9H2,1-2H3. The Bertz CT molecular complexity index is 497. The molecule has 2 fully saturated rings. The zero-order valence-corrected chi connectivity index (χ0v) is 13.6. The van der Waals surface area contributed by atoms with E-state index >= 15 is 0 Å². The fourth-order valence-electron chi connectivity index (χ4n) is 2.45. The van der Waals surface area contributed by atoms with Crippen LogP contribution in [0.3, 0.4) is 0 Å². The van der Waals surface area contributed by atoms with E-state index in [1.807, 2.05) is 16.5 Å². The molecule has 0 aromatic carbocycles. The van der Waals surface area contributed by atoms with E-state index in [1.54, 1.807) is 0 Å². The molecule has 0 aliphatic heterocycles. The molecule has 1 heterocycles. The molecule has 21 heavy (non-hydrogen) atoms. The van der Waals surface area contributed by atoms with E-state index in [1.165, 1.54) is 24.6 Å². The van der Waals surface area contributed by atoms with Crippen LogP contribution in [0.5, 0.6) is 0 Å². The van der Waals surface area contributed by atoms with Gasteiger partial charge < -0.3 is 4.90 Å². The fourth-order valence-corrected chi connectivity index (χ4v) is 3.39. The molecule has 116 valence electrons. The molecule has 0 N–H and O–H groups in total. The van der Waals surface area contributed by atoms with Crippen molar-refractivity contribution in [2.75, 3.05) is 13.1 Å². The Labute approximate surface area is 129 Å². The average Bonchev–Trinajstić information content (AvgIpc) is 3.39. The molecule has 3 rings (SSSR count). The van der Waals surface area contributed by atoms with Crippen molar-refractivity contribution < 1.29 is 4.79 Å². The van der Waals surface area contributed by atoms with Crippen LogP contribution in [0.4, 0.5) is 0 Å². The number of hydrogen-bond acceptors (Lipinski definition) is 5. The lowest BCUT2D eigenvalue weighted by Gasteiger charge is -2.25. The predicted molar refractivity (Wildman–Crippen MR) is 81.0 cm³/mol. The second kappa shape index (κ2) is 6.34. The molecule has 0 saturated heterocycles. The highest BCUT2D eigenvalue weighted by molar-refractivity contribution is 8.00. The summed E-state index contributed by atoms with van der Waals surface area (Å²) in [5.74, 6) is 0.952. The van der Waals surface area contributed by atoms with Crippen LogP contribution in [-0.2, 0) is 4.79 Å². The number of rotatable bonds is 8. The van der Waals surface area contributed by atoms with Crippen LogP contribution < -0.4 is 0 Å². The maximum absolute atomic E-state index is 12.6. The first kappa shape index (κ1) is 14.8. The van der Waals surface area contributed by atoms with Crippen molar-refractivity contribution in [2.45, 2.75) is 62.4 Å². The Morgan fingerprint density at radius 3 is 2.81 bits per heavy atom. The Morgan fingerprint density at radius 1 is 1.43 bits per heavy atom. The van der Waals surface area contributed by atoms with Crippen LogP contribution in [0.1, 0.15) is 52.0 Å². The summed E-state index contributed by atoms with van der Waals surface area (Å²) in [5, 5.41) is 12.5. The van der Waals surface area contributed by atoms with E-state index < -0.39 is 0 Å². The largest absolute Gasteiger partial charge is 0.341 e. The topological polar surface area (TPSA) is 63.9 Å². The summed E-state index contributed by atoms with van der Waals surface area (Å²) in [4.78, 5) is 14.7. The van der Waals surface area contributed by atoms with Crippen LogP contribution in [0, 0.1) is 5.92 Å². The Hall–Kier alpha value is -1.11. The average molecular weight is 309 g/mol. The maximum atomic E-state index is 12.6. The maximum Gasteiger partial charge on any atom is 0.235 e. The molecule has 0 spiro atoms. The first-order chi connectivity index (χ1) is 10.2. The predicted octanol–water partition coefficient (Wildman–Crippen LogP) is 2.14. The summed E-state index contributed by atoms with van der Waals surface area (Å²) in [6.45, 7) is 5.87. The minimum absolute atomic E-state index is 0.126. The summed E-state index contributed by atoms with van der Waals surface area (Å²) in [5.41, 5.74) is 0. The minimum atomic E-state index is -0.126. The molecule has 2 saturated carbocycles. The Balaban J connectivity index is 1.60. The quantitative estimate of drug-likeness (QED) is 0.688. The minimum Gasteiger partial charge on any atom is -0.341 e. The molecule has 1 amide bonds. The van der Waals surface area contributed by atoms with Gasteiger partial charge in [-0.15, -0.1) is 5.10 Å². The van der Waals surface area contributed by atoms with Gasteiger partial charge in [0.25, 0.3) is 0 Å². The summed E-state index contributed by atoms with van der Waals surface area (Å²) < 4.78 is 1.87. The molecule has 2 aliphatic rings. The number of amides is 1. The number of thioether (sulfide) groups is 1. The highest BCUT2D eigenvalue weighted by Gasteiger charge is 2.32. The van der Waals surface area contributed by atoms with E-state index in [-0.39, 0.29) is 11.2 Å². The van der Waals surface area contributed by atoms with E-state index in [0.29, 0.717) is 6.04 Å². The molecule has 1 atom stereocenters. The van der Waals surface area contributed by atoms with Gasteiger partial charge in [0.2, 0.25) is 11.1 Å². The Kier molecular flexibility index (Phi) is 4.47. The van der Waals surface area contributed by atoms with Gasteiger partial charge in [-0.3, -0.25) is 4.79 Å². The van der Waals surface area contributed by atoms with Crippen LogP contribution >= 0.6 is 11.8 Å². The second-order valence-corrected chi connectivity index (χ2v) is 7.43. The summed E-state index contributed by atoms with van der Waals surface area (Å²) in [6, 6.07) is 0.447. The second-order valence-electron chi connectivity index (χ2n) is 6.12. The number of nitrogens with zero attached hydrogens (tertiary/aromatic N) is 5. The molecule has 0 bridgehead atoms. The monoisotopic (exact) mass is 309 g/mol. The molecule has 1 unspecified atom stereocenters. The lowest BCUT2D eigenvalue weighted by Crippen LogP contribution is -2.38. The first-order valence-corrected chi connectivity index (χ1v) is 8.80. The van der Waals surface area contributed by atoms with Gasteiger partial charge in [0, 0.05) is 13.1 Å². The summed E-state index contributed by atoms with van der Waals surface area (Å²) in [6.07, 6.45) is 5.84. The molecule has 1 aromatic heterocycles. The van der Waals surface area contributed by atoms with Crippen molar-refractivity contribution in [2.24, 2.45) is 5.92 Å². The van der Waals surface area contributed by atoms with E-state index in [9.17, 15) is 4.79 Å². The zero-order valence-electron chi connectivity index (χ0n) is 12.7. The molecular formula is C14H23N5OS. The molecule has 2 aliphatic carbocycles. The highest BCUT2D eigenvalue weighted by atomic mass is 32.2. The van der Waals surface area contributed by atoms with Crippen molar-refractivity contribution in [3.63, 3.8) is 0 Å². The van der Waals surface area contributed by atoms with Crippen LogP contribution in [0.15, 0.2) is 5.16 Å². The van der Waals surface area contributed by atoms with Gasteiger partial charge in [0.1, 0.15) is 0 Å². The van der Waals surface area contributed by atoms with E-state index in [4.69, 9.17) is 0 Å². The highest BCUT2D eigenvalue weighted by Crippen LogP contribution is 2.37. The Morgan fingerprint density at radius 2 is 2.19 bits per heavy atom. The van der Waals surface area contributed by atoms with Crippen molar-refractivity contribution in [1.82, 2.24) is 25.1 Å². The van der Waals surface area contributed by atoms with E-state index in [2.05, 4.69) is 22.4 Å². The summed E-state index contributed by atoms with van der Waals surface area (Å²) >= 11 is 1.49. The van der Waals surface area contributed by atoms with Crippen LogP contribution in [-0.4, -0.2) is 49.4 Å². The third kappa shape index (κ3) is 3.75. The fraction of sp³-hybridized carbons (Fsp3) is 0.857. The third-order valence-electron chi connectivity index (χ3n) is 3.97. The number of tetrazole rings is 1. The lowest BCUT2D eigenvalue weighted by molar-refractivity contribution is -0.130. The molecule has 0 radical (unpaired) electrons. The van der Waals surface area contributed by atoms with Crippen molar-refractivity contribution in [3.05, 3.63) is 0 Å². The normalized spacial score (nSPS) is 19.5. The molecule has 6 nitrogen and oxygen atoms in total. The van der Waals surface area contributed by atoms with Gasteiger partial charge in [-0.1, -0.05) is 18.7 Å². The molecular weight excluding hydrogens is 286 g/mol. The summed E-state index contributed by atoms with van der Waals surface area (Å²) in [7, 11) is 0.